The number of nitrogens with zero attached hydrogens (tertiary/aromatic N) is 1. The van der Waals surface area contributed by atoms with Crippen LogP contribution < -0.4 is 0 Å². The zero-order valence-corrected chi connectivity index (χ0v) is 8.15. The van der Waals surface area contributed by atoms with Crippen molar-refractivity contribution in [3.8, 4) is 0 Å². The van der Waals surface area contributed by atoms with E-state index in [4.69, 9.17) is 0 Å². The van der Waals surface area contributed by atoms with Gasteiger partial charge in [0.05, 0.1) is 5.57 Å². The van der Waals surface area contributed by atoms with Crippen molar-refractivity contribution in [2.75, 3.05) is 0 Å². The molecule has 0 aromatic carbocycles. The molecule has 2 aliphatic rings. The minimum atomic E-state index is -0.680. The van der Waals surface area contributed by atoms with E-state index in [9.17, 15) is 14.4 Å². The van der Waals surface area contributed by atoms with Crippen LogP contribution in [0.4, 0.5) is 0 Å². The topological polar surface area (TPSA) is 63.7 Å². The summed E-state index contributed by atoms with van der Waals surface area (Å²) in [6.07, 6.45) is 4.67. The van der Waals surface area contributed by atoms with E-state index in [-0.39, 0.29) is 0 Å². The molecule has 0 saturated heterocycles. The molecule has 1 aliphatic heterocycles. The van der Waals surface area contributed by atoms with E-state index in [0.29, 0.717) is 22.6 Å². The van der Waals surface area contributed by atoms with Crippen LogP contribution in [0, 0.1) is 0 Å². The number of rotatable bonds is 1. The van der Waals surface area contributed by atoms with Crippen LogP contribution in [0.5, 0.6) is 0 Å². The number of allylic oxidation sites excluding steroid dienone is 1. The Morgan fingerprint density at radius 2 is 2.13 bits per heavy atom. The van der Waals surface area contributed by atoms with Crippen LogP contribution in [-0.2, 0) is 19.2 Å². The smallest absolute Gasteiger partial charge is 0.330 e. The second-order valence-electron chi connectivity index (χ2n) is 3.32. The fourth-order valence-electron chi connectivity index (χ4n) is 1.62. The molecule has 5 nitrogen and oxygen atoms in total. The lowest BCUT2D eigenvalue weighted by molar-refractivity contribution is -0.195. The number of hydroxylamine groups is 2. The van der Waals surface area contributed by atoms with Crippen molar-refractivity contribution in [3.05, 3.63) is 23.3 Å². The van der Waals surface area contributed by atoms with Crippen LogP contribution >= 0.6 is 0 Å². The molecule has 0 saturated carbocycles. The molecule has 1 aliphatic carbocycles. The molecule has 78 valence electrons. The Hall–Kier alpha value is -1.91. The van der Waals surface area contributed by atoms with Crippen LogP contribution in [0.2, 0.25) is 0 Å². The maximum atomic E-state index is 11.6. The summed E-state index contributed by atoms with van der Waals surface area (Å²) < 4.78 is 0. The molecule has 15 heavy (non-hydrogen) atoms. The van der Waals surface area contributed by atoms with Crippen LogP contribution in [0.3, 0.4) is 0 Å². The minimum Gasteiger partial charge on any atom is -0.330 e. The van der Waals surface area contributed by atoms with E-state index < -0.39 is 17.8 Å². The van der Waals surface area contributed by atoms with Gasteiger partial charge in [0, 0.05) is 12.5 Å². The maximum absolute atomic E-state index is 11.6. The van der Waals surface area contributed by atoms with Gasteiger partial charge < -0.3 is 4.84 Å². The van der Waals surface area contributed by atoms with Gasteiger partial charge in [0.25, 0.3) is 11.8 Å². The second kappa shape index (κ2) is 3.34. The van der Waals surface area contributed by atoms with Crippen LogP contribution in [0.25, 0.3) is 0 Å². The monoisotopic (exact) mass is 207 g/mol. The molecule has 0 unspecified atom stereocenters. The van der Waals surface area contributed by atoms with Gasteiger partial charge >= 0.3 is 5.97 Å². The third kappa shape index (κ3) is 1.45. The first-order chi connectivity index (χ1) is 7.11. The fraction of sp³-hybridized carbons (Fsp3) is 0.300. The third-order valence-electron chi connectivity index (χ3n) is 2.25. The van der Waals surface area contributed by atoms with Crippen LogP contribution in [0.1, 0.15) is 19.8 Å². The number of carbonyl (C=O) groups excluding carboxylic acids is 3. The lowest BCUT2D eigenvalue weighted by atomic mass is 10.00. The van der Waals surface area contributed by atoms with Crippen LogP contribution in [-0.4, -0.2) is 22.8 Å². The molecular weight excluding hydrogens is 198 g/mol. The van der Waals surface area contributed by atoms with Gasteiger partial charge in [-0.15, -0.1) is 0 Å². The Balaban J connectivity index is 2.30. The van der Waals surface area contributed by atoms with Crippen molar-refractivity contribution in [1.82, 2.24) is 5.06 Å². The van der Waals surface area contributed by atoms with Crippen molar-refractivity contribution >= 4 is 17.8 Å². The first-order valence-electron chi connectivity index (χ1n) is 4.58. The summed E-state index contributed by atoms with van der Waals surface area (Å²) in [4.78, 5) is 38.5. The predicted molar refractivity (Wildman–Crippen MR) is 49.0 cm³/mol. The van der Waals surface area contributed by atoms with Gasteiger partial charge in [-0.05, 0) is 12.8 Å². The highest BCUT2D eigenvalue weighted by Gasteiger charge is 2.39. The van der Waals surface area contributed by atoms with Gasteiger partial charge in [0.1, 0.15) is 0 Å². The highest BCUT2D eigenvalue weighted by molar-refractivity contribution is 6.20. The summed E-state index contributed by atoms with van der Waals surface area (Å²) in [6.45, 7) is 1.15. The molecule has 0 fully saturated rings. The first-order valence-corrected chi connectivity index (χ1v) is 4.58. The van der Waals surface area contributed by atoms with Crippen molar-refractivity contribution in [1.29, 1.82) is 0 Å². The predicted octanol–water partition coefficient (Wildman–Crippen LogP) is 0.480. The van der Waals surface area contributed by atoms with E-state index >= 15 is 0 Å². The first kappa shape index (κ1) is 9.64. The van der Waals surface area contributed by atoms with Gasteiger partial charge in [-0.2, -0.15) is 0 Å². The number of amides is 2. The summed E-state index contributed by atoms with van der Waals surface area (Å²) in [5, 5.41) is 0.530. The Kier molecular flexibility index (Phi) is 2.15. The molecule has 0 N–H and O–H groups in total. The van der Waals surface area contributed by atoms with Crippen molar-refractivity contribution in [2.45, 2.75) is 19.8 Å². The number of hydrogen-bond donors (Lipinski definition) is 0. The number of hydrogen-bond acceptors (Lipinski definition) is 4. The maximum Gasteiger partial charge on any atom is 0.330 e. The Bertz CT molecular complexity index is 419. The average molecular weight is 207 g/mol. The number of imide groups is 1. The SMILES string of the molecule is CC(=O)ON1C(=O)C2=C(CCC=C2)C1=O. The summed E-state index contributed by atoms with van der Waals surface area (Å²) in [5.41, 5.74) is 0.774. The van der Waals surface area contributed by atoms with E-state index in [1.165, 1.54) is 0 Å². The Morgan fingerprint density at radius 1 is 1.40 bits per heavy atom. The minimum absolute atomic E-state index is 0.340. The quantitative estimate of drug-likeness (QED) is 0.586. The normalized spacial score (nSPS) is 19.7. The average Bonchev–Trinajstić information content (AvgIpc) is 2.44. The summed E-state index contributed by atoms with van der Waals surface area (Å²) in [7, 11) is 0. The van der Waals surface area contributed by atoms with Crippen molar-refractivity contribution in [2.24, 2.45) is 0 Å². The highest BCUT2D eigenvalue weighted by atomic mass is 16.7. The van der Waals surface area contributed by atoms with E-state index in [1.54, 1.807) is 6.08 Å². The summed E-state index contributed by atoms with van der Waals surface area (Å²) >= 11 is 0. The lowest BCUT2D eigenvalue weighted by Crippen LogP contribution is -2.33. The van der Waals surface area contributed by atoms with Gasteiger partial charge in [-0.3, -0.25) is 9.59 Å². The summed E-state index contributed by atoms with van der Waals surface area (Å²) in [5.74, 6) is -1.75. The molecule has 0 radical (unpaired) electrons. The van der Waals surface area contributed by atoms with Crippen molar-refractivity contribution in [3.63, 3.8) is 0 Å². The van der Waals surface area contributed by atoms with E-state index in [2.05, 4.69) is 4.84 Å². The highest BCUT2D eigenvalue weighted by Crippen LogP contribution is 2.28. The molecule has 5 heteroatoms. The molecule has 1 heterocycles. The fourth-order valence-corrected chi connectivity index (χ4v) is 1.62. The molecule has 2 rings (SSSR count). The molecule has 0 aromatic heterocycles. The molecule has 0 aromatic rings. The third-order valence-corrected chi connectivity index (χ3v) is 2.25. The zero-order valence-electron chi connectivity index (χ0n) is 8.15. The van der Waals surface area contributed by atoms with Gasteiger partial charge in [-0.25, -0.2) is 4.79 Å². The molecular formula is C10H9NO4. The zero-order chi connectivity index (χ0) is 11.0. The second-order valence-corrected chi connectivity index (χ2v) is 3.32. The van der Waals surface area contributed by atoms with E-state index in [1.807, 2.05) is 6.08 Å². The van der Waals surface area contributed by atoms with Gasteiger partial charge in [-0.1, -0.05) is 17.2 Å². The van der Waals surface area contributed by atoms with Crippen LogP contribution in [0.15, 0.2) is 23.3 Å². The van der Waals surface area contributed by atoms with Gasteiger partial charge in [0.15, 0.2) is 0 Å². The Labute approximate surface area is 85.9 Å². The van der Waals surface area contributed by atoms with Crippen molar-refractivity contribution < 1.29 is 19.2 Å². The largest absolute Gasteiger partial charge is 0.330 e. The number of carbonyl (C=O) groups is 3. The molecule has 0 bridgehead atoms. The molecule has 0 atom stereocenters. The van der Waals surface area contributed by atoms with Gasteiger partial charge in [0.2, 0.25) is 0 Å². The molecule has 2 amide bonds. The van der Waals surface area contributed by atoms with E-state index in [0.717, 1.165) is 13.3 Å². The molecule has 0 spiro atoms. The Morgan fingerprint density at radius 3 is 2.73 bits per heavy atom. The lowest BCUT2D eigenvalue weighted by Gasteiger charge is -2.11. The standard InChI is InChI=1S/C10H9NO4/c1-6(12)15-11-9(13)7-4-2-3-5-8(7)10(11)14/h2,4H,3,5H2,1H3. The summed E-state index contributed by atoms with van der Waals surface area (Å²) in [6, 6.07) is 0.